The van der Waals surface area contributed by atoms with Gasteiger partial charge in [-0.25, -0.2) is 23.9 Å². The van der Waals surface area contributed by atoms with E-state index in [0.717, 1.165) is 24.5 Å². The summed E-state index contributed by atoms with van der Waals surface area (Å²) in [6.07, 6.45) is 4.95. The van der Waals surface area contributed by atoms with E-state index in [1.54, 1.807) is 24.5 Å². The van der Waals surface area contributed by atoms with E-state index in [0.29, 0.717) is 29.3 Å². The third-order valence-corrected chi connectivity index (χ3v) is 5.88. The molecular formula is C22H22FN7O. The Labute approximate surface area is 177 Å². The molecule has 3 aromatic heterocycles. The van der Waals surface area contributed by atoms with Crippen LogP contribution in [0.5, 0.6) is 0 Å². The Balaban J connectivity index is 1.51. The summed E-state index contributed by atoms with van der Waals surface area (Å²) in [4.78, 5) is 31.0. The van der Waals surface area contributed by atoms with Crippen LogP contribution in [0.15, 0.2) is 47.7 Å². The summed E-state index contributed by atoms with van der Waals surface area (Å²) in [6, 6.07) is 6.33. The van der Waals surface area contributed by atoms with E-state index in [2.05, 4.69) is 31.8 Å². The van der Waals surface area contributed by atoms with Gasteiger partial charge in [0, 0.05) is 37.0 Å². The molecule has 1 fully saturated rings. The summed E-state index contributed by atoms with van der Waals surface area (Å²) < 4.78 is 15.4. The Bertz CT molecular complexity index is 1300. The minimum Gasteiger partial charge on any atom is -0.307 e. The number of fused-ring (bicyclic) bond motifs is 1. The van der Waals surface area contributed by atoms with Crippen molar-refractivity contribution >= 4 is 5.52 Å². The first-order chi connectivity index (χ1) is 15.0. The van der Waals surface area contributed by atoms with Crippen molar-refractivity contribution in [2.75, 3.05) is 13.1 Å². The molecule has 0 aliphatic carbocycles. The number of aromatic amines is 1. The van der Waals surface area contributed by atoms with Crippen LogP contribution in [0, 0.1) is 18.7 Å². The standard InChI is InChI=1S/C22H22FN7O/c1-13-4-5-15(23)8-16(13)21-26-9-18-22(31)27-20(28-30(18)21)17-11-29(10-14(17)2)12-19-24-6-3-7-25-19/h3-9,14,17H,10-12H2,1-2H3,(H,27,28,31). The van der Waals surface area contributed by atoms with Gasteiger partial charge in [-0.2, -0.15) is 5.10 Å². The minimum absolute atomic E-state index is 0.0460. The fourth-order valence-corrected chi connectivity index (χ4v) is 4.26. The van der Waals surface area contributed by atoms with Crippen LogP contribution in [0.3, 0.4) is 0 Å². The normalized spacial score (nSPS) is 19.3. The lowest BCUT2D eigenvalue weighted by Crippen LogP contribution is -2.23. The predicted molar refractivity (Wildman–Crippen MR) is 113 cm³/mol. The molecule has 9 heteroatoms. The van der Waals surface area contributed by atoms with Crippen molar-refractivity contribution in [2.45, 2.75) is 26.3 Å². The van der Waals surface area contributed by atoms with Crippen LogP contribution < -0.4 is 5.56 Å². The van der Waals surface area contributed by atoms with Crippen LogP contribution in [0.1, 0.15) is 30.1 Å². The molecule has 1 saturated heterocycles. The van der Waals surface area contributed by atoms with Gasteiger partial charge in [0.1, 0.15) is 17.5 Å². The van der Waals surface area contributed by atoms with E-state index in [9.17, 15) is 9.18 Å². The van der Waals surface area contributed by atoms with Crippen molar-refractivity contribution in [3.8, 4) is 11.4 Å². The summed E-state index contributed by atoms with van der Waals surface area (Å²) >= 11 is 0. The summed E-state index contributed by atoms with van der Waals surface area (Å²) in [6.45, 7) is 6.26. The number of imidazole rings is 1. The topological polar surface area (TPSA) is 92.1 Å². The number of hydrogen-bond acceptors (Lipinski definition) is 6. The molecule has 158 valence electrons. The van der Waals surface area contributed by atoms with Gasteiger partial charge in [-0.3, -0.25) is 9.69 Å². The lowest BCUT2D eigenvalue weighted by molar-refractivity contribution is 0.310. The second-order valence-electron chi connectivity index (χ2n) is 8.12. The van der Waals surface area contributed by atoms with Gasteiger partial charge in [0.25, 0.3) is 5.56 Å². The molecule has 2 atom stereocenters. The van der Waals surface area contributed by atoms with Gasteiger partial charge in [0.2, 0.25) is 0 Å². The third-order valence-electron chi connectivity index (χ3n) is 5.88. The Hall–Kier alpha value is -3.46. The fraction of sp³-hybridized carbons (Fsp3) is 0.318. The maximum absolute atomic E-state index is 13.9. The number of aryl methyl sites for hydroxylation is 1. The van der Waals surface area contributed by atoms with Crippen LogP contribution >= 0.6 is 0 Å². The molecule has 8 nitrogen and oxygen atoms in total. The Morgan fingerprint density at radius 1 is 1.19 bits per heavy atom. The van der Waals surface area contributed by atoms with Crippen molar-refractivity contribution in [3.05, 3.63) is 76.2 Å². The van der Waals surface area contributed by atoms with Crippen LogP contribution in [-0.2, 0) is 6.54 Å². The van der Waals surface area contributed by atoms with Gasteiger partial charge in [-0.1, -0.05) is 13.0 Å². The number of halogens is 1. The highest BCUT2D eigenvalue weighted by Gasteiger charge is 2.33. The van der Waals surface area contributed by atoms with Crippen molar-refractivity contribution in [3.63, 3.8) is 0 Å². The molecule has 1 N–H and O–H groups in total. The molecular weight excluding hydrogens is 397 g/mol. The average Bonchev–Trinajstić information content (AvgIpc) is 3.34. The number of likely N-dealkylation sites (tertiary alicyclic amines) is 1. The zero-order chi connectivity index (χ0) is 21.5. The van der Waals surface area contributed by atoms with Crippen molar-refractivity contribution in [2.24, 2.45) is 5.92 Å². The lowest BCUT2D eigenvalue weighted by Gasteiger charge is -2.15. The van der Waals surface area contributed by atoms with E-state index in [1.165, 1.54) is 22.8 Å². The first kappa shape index (κ1) is 19.5. The minimum atomic E-state index is -0.356. The molecule has 0 spiro atoms. The molecule has 4 heterocycles. The Kier molecular flexibility index (Phi) is 4.82. The van der Waals surface area contributed by atoms with E-state index in [4.69, 9.17) is 5.10 Å². The summed E-state index contributed by atoms with van der Waals surface area (Å²) in [5, 5.41) is 4.74. The van der Waals surface area contributed by atoms with E-state index >= 15 is 0 Å². The van der Waals surface area contributed by atoms with Crippen LogP contribution in [0.4, 0.5) is 4.39 Å². The van der Waals surface area contributed by atoms with Crippen LogP contribution in [0.25, 0.3) is 16.9 Å². The number of nitrogens with zero attached hydrogens (tertiary/aromatic N) is 6. The number of nitrogens with one attached hydrogen (secondary N) is 1. The molecule has 0 saturated carbocycles. The molecule has 0 bridgehead atoms. The lowest BCUT2D eigenvalue weighted by atomic mass is 9.97. The Morgan fingerprint density at radius 2 is 2.00 bits per heavy atom. The second kappa shape index (κ2) is 7.66. The summed E-state index contributed by atoms with van der Waals surface area (Å²) in [5.74, 6) is 1.81. The van der Waals surface area contributed by atoms with Gasteiger partial charge < -0.3 is 4.98 Å². The van der Waals surface area contributed by atoms with Gasteiger partial charge in [-0.05, 0) is 36.6 Å². The number of rotatable bonds is 4. The average molecular weight is 419 g/mol. The Morgan fingerprint density at radius 3 is 2.81 bits per heavy atom. The summed E-state index contributed by atoms with van der Waals surface area (Å²) in [7, 11) is 0. The molecule has 1 aromatic carbocycles. The fourth-order valence-electron chi connectivity index (χ4n) is 4.26. The molecule has 0 amide bonds. The zero-order valence-electron chi connectivity index (χ0n) is 17.3. The van der Waals surface area contributed by atoms with Crippen LogP contribution in [0.2, 0.25) is 0 Å². The first-order valence-corrected chi connectivity index (χ1v) is 10.2. The maximum atomic E-state index is 13.9. The third kappa shape index (κ3) is 3.61. The number of benzene rings is 1. The first-order valence-electron chi connectivity index (χ1n) is 10.2. The van der Waals surface area contributed by atoms with E-state index in [1.807, 2.05) is 6.92 Å². The highest BCUT2D eigenvalue weighted by molar-refractivity contribution is 5.64. The largest absolute Gasteiger partial charge is 0.307 e. The highest BCUT2D eigenvalue weighted by atomic mass is 19.1. The monoisotopic (exact) mass is 419 g/mol. The van der Waals surface area contributed by atoms with Gasteiger partial charge in [-0.15, -0.1) is 0 Å². The molecule has 5 rings (SSSR count). The molecule has 0 radical (unpaired) electrons. The highest BCUT2D eigenvalue weighted by Crippen LogP contribution is 2.31. The maximum Gasteiger partial charge on any atom is 0.276 e. The molecule has 31 heavy (non-hydrogen) atoms. The van der Waals surface area contributed by atoms with E-state index in [-0.39, 0.29) is 23.2 Å². The smallest absolute Gasteiger partial charge is 0.276 e. The number of hydrogen-bond donors (Lipinski definition) is 1. The predicted octanol–water partition coefficient (Wildman–Crippen LogP) is 2.56. The number of aromatic nitrogens is 6. The van der Waals surface area contributed by atoms with Crippen LogP contribution in [-0.4, -0.2) is 47.5 Å². The zero-order valence-corrected chi connectivity index (χ0v) is 17.3. The van der Waals surface area contributed by atoms with Gasteiger partial charge in [0.15, 0.2) is 11.3 Å². The molecule has 4 aromatic rings. The van der Waals surface area contributed by atoms with Crippen molar-refractivity contribution in [1.82, 2.24) is 34.4 Å². The second-order valence-corrected chi connectivity index (χ2v) is 8.12. The van der Waals surface area contributed by atoms with Gasteiger partial charge >= 0.3 is 0 Å². The van der Waals surface area contributed by atoms with E-state index < -0.39 is 0 Å². The molecule has 2 unspecified atom stereocenters. The SMILES string of the molecule is Cc1ccc(F)cc1-c1ncc2c(=O)[nH]c(C3CN(Cc4ncccn4)CC3C)nn12. The number of H-pyrrole nitrogens is 1. The summed E-state index contributed by atoms with van der Waals surface area (Å²) in [5.41, 5.74) is 1.56. The quantitative estimate of drug-likeness (QED) is 0.547. The molecule has 1 aliphatic heterocycles. The van der Waals surface area contributed by atoms with Crippen molar-refractivity contribution in [1.29, 1.82) is 0 Å². The van der Waals surface area contributed by atoms with Gasteiger partial charge in [0.05, 0.1) is 12.7 Å². The molecule has 1 aliphatic rings. The van der Waals surface area contributed by atoms with Crippen molar-refractivity contribution < 1.29 is 4.39 Å².